The average Bonchev–Trinajstić information content (AvgIpc) is 2.39. The summed E-state index contributed by atoms with van der Waals surface area (Å²) in [6, 6.07) is 6.72. The molecule has 0 heterocycles. The van der Waals surface area contributed by atoms with Gasteiger partial charge >= 0.3 is 6.09 Å². The van der Waals surface area contributed by atoms with Crippen molar-refractivity contribution in [3.05, 3.63) is 29.8 Å². The van der Waals surface area contributed by atoms with Crippen LogP contribution in [0.4, 0.5) is 4.79 Å². The lowest BCUT2D eigenvalue weighted by molar-refractivity contribution is 0.171. The molecule has 0 unspecified atom stereocenters. The summed E-state index contributed by atoms with van der Waals surface area (Å²) in [5.74, 6) is 0. The third-order valence-corrected chi connectivity index (χ3v) is 4.91. The number of hydrogen-bond donors (Lipinski definition) is 1. The number of ether oxygens (including phenoxy) is 1. The van der Waals surface area contributed by atoms with Crippen LogP contribution in [0.5, 0.6) is 0 Å². The van der Waals surface area contributed by atoms with E-state index in [4.69, 9.17) is 0 Å². The minimum absolute atomic E-state index is 0.326. The molecule has 106 valence electrons. The summed E-state index contributed by atoms with van der Waals surface area (Å²) < 4.78 is 28.3. The Morgan fingerprint density at radius 2 is 1.84 bits per heavy atom. The molecule has 0 bridgehead atoms. The van der Waals surface area contributed by atoms with Crippen molar-refractivity contribution in [2.24, 2.45) is 0 Å². The summed E-state index contributed by atoms with van der Waals surface area (Å²) in [7, 11) is -1.91. The van der Waals surface area contributed by atoms with Crippen molar-refractivity contribution in [1.82, 2.24) is 5.32 Å². The third kappa shape index (κ3) is 4.24. The van der Waals surface area contributed by atoms with Crippen LogP contribution in [0.25, 0.3) is 0 Å². The number of sulfone groups is 1. The van der Waals surface area contributed by atoms with Gasteiger partial charge in [0.2, 0.25) is 0 Å². The molecule has 0 aromatic heterocycles. The van der Waals surface area contributed by atoms with Crippen LogP contribution in [-0.4, -0.2) is 33.4 Å². The van der Waals surface area contributed by atoms with Crippen molar-refractivity contribution in [1.29, 1.82) is 0 Å². The summed E-state index contributed by atoms with van der Waals surface area (Å²) in [6.45, 7) is 3.76. The minimum Gasteiger partial charge on any atom is -0.453 e. The van der Waals surface area contributed by atoms with Crippen molar-refractivity contribution in [2.45, 2.75) is 30.4 Å². The maximum absolute atomic E-state index is 11.9. The zero-order chi connectivity index (χ0) is 14.5. The number of rotatable bonds is 5. The minimum atomic E-state index is -3.22. The predicted octanol–water partition coefficient (Wildman–Crippen LogP) is 1.77. The number of benzene rings is 1. The number of alkyl carbamates (subject to hydrolysis) is 1. The van der Waals surface area contributed by atoms with Gasteiger partial charge < -0.3 is 10.1 Å². The van der Waals surface area contributed by atoms with Gasteiger partial charge in [-0.25, -0.2) is 13.2 Å². The summed E-state index contributed by atoms with van der Waals surface area (Å²) >= 11 is 0. The zero-order valence-electron chi connectivity index (χ0n) is 11.3. The molecule has 0 spiro atoms. The maximum Gasteiger partial charge on any atom is 0.406 e. The third-order valence-electron chi connectivity index (χ3n) is 2.74. The largest absolute Gasteiger partial charge is 0.453 e. The Morgan fingerprint density at radius 1 is 1.26 bits per heavy atom. The van der Waals surface area contributed by atoms with E-state index < -0.39 is 21.2 Å². The lowest BCUT2D eigenvalue weighted by Gasteiger charge is -2.09. The standard InChI is InChI=1S/C13H19NO4S/c1-10(2)19(16,17)12-6-4-11(5-7-12)8-9-14-13(15)18-3/h4-7,10H,8-9H2,1-3H3,(H,14,15). The van der Waals surface area contributed by atoms with E-state index in [1.165, 1.54) is 7.11 Å². The molecule has 0 saturated carbocycles. The first kappa shape index (κ1) is 15.5. The Morgan fingerprint density at radius 3 is 2.32 bits per heavy atom. The Balaban J connectivity index is 2.65. The van der Waals surface area contributed by atoms with Gasteiger partial charge in [-0.2, -0.15) is 0 Å². The Hall–Kier alpha value is -1.56. The van der Waals surface area contributed by atoms with Gasteiger partial charge in [-0.3, -0.25) is 0 Å². The molecule has 1 amide bonds. The molecule has 6 heteroatoms. The monoisotopic (exact) mass is 285 g/mol. The molecule has 0 aliphatic carbocycles. The van der Waals surface area contributed by atoms with E-state index in [1.54, 1.807) is 38.1 Å². The zero-order valence-corrected chi connectivity index (χ0v) is 12.2. The number of carbonyl (C=O) groups is 1. The first-order valence-electron chi connectivity index (χ1n) is 6.02. The van der Waals surface area contributed by atoms with E-state index >= 15 is 0 Å². The van der Waals surface area contributed by atoms with Crippen molar-refractivity contribution in [3.63, 3.8) is 0 Å². The molecule has 0 aliphatic rings. The highest BCUT2D eigenvalue weighted by Gasteiger charge is 2.18. The van der Waals surface area contributed by atoms with Gasteiger partial charge in [0.25, 0.3) is 0 Å². The fraction of sp³-hybridized carbons (Fsp3) is 0.462. The van der Waals surface area contributed by atoms with Gasteiger partial charge in [0, 0.05) is 6.54 Å². The van der Waals surface area contributed by atoms with Crippen LogP contribution >= 0.6 is 0 Å². The smallest absolute Gasteiger partial charge is 0.406 e. The molecule has 0 saturated heterocycles. The fourth-order valence-electron chi connectivity index (χ4n) is 1.50. The lowest BCUT2D eigenvalue weighted by atomic mass is 10.1. The molecular formula is C13H19NO4S. The Bertz CT molecular complexity index is 520. The molecule has 0 atom stereocenters. The second kappa shape index (κ2) is 6.56. The fourth-order valence-corrected chi connectivity index (χ4v) is 2.56. The molecule has 1 rings (SSSR count). The maximum atomic E-state index is 11.9. The molecule has 1 aromatic rings. The van der Waals surface area contributed by atoms with Crippen molar-refractivity contribution in [3.8, 4) is 0 Å². The number of carbonyl (C=O) groups excluding carboxylic acids is 1. The molecule has 0 radical (unpaired) electrons. The number of methoxy groups -OCH3 is 1. The highest BCUT2D eigenvalue weighted by atomic mass is 32.2. The van der Waals surface area contributed by atoms with Crippen LogP contribution in [-0.2, 0) is 21.0 Å². The van der Waals surface area contributed by atoms with Crippen molar-refractivity contribution in [2.75, 3.05) is 13.7 Å². The highest BCUT2D eigenvalue weighted by molar-refractivity contribution is 7.92. The van der Waals surface area contributed by atoms with Crippen LogP contribution in [0.3, 0.4) is 0 Å². The summed E-state index contributed by atoms with van der Waals surface area (Å²) in [5.41, 5.74) is 0.958. The molecule has 0 fully saturated rings. The van der Waals surface area contributed by atoms with Gasteiger partial charge in [0.05, 0.1) is 17.3 Å². The van der Waals surface area contributed by atoms with E-state index in [2.05, 4.69) is 10.1 Å². The van der Waals surface area contributed by atoms with E-state index in [0.29, 0.717) is 17.9 Å². The second-order valence-corrected chi connectivity index (χ2v) is 6.91. The van der Waals surface area contributed by atoms with Crippen LogP contribution in [0.1, 0.15) is 19.4 Å². The van der Waals surface area contributed by atoms with Crippen LogP contribution in [0.15, 0.2) is 29.2 Å². The Kier molecular flexibility index (Phi) is 5.35. The van der Waals surface area contributed by atoms with Gasteiger partial charge in [0.15, 0.2) is 9.84 Å². The van der Waals surface area contributed by atoms with Gasteiger partial charge in [-0.05, 0) is 38.0 Å². The topological polar surface area (TPSA) is 72.5 Å². The van der Waals surface area contributed by atoms with Crippen LogP contribution in [0.2, 0.25) is 0 Å². The van der Waals surface area contributed by atoms with Crippen molar-refractivity contribution < 1.29 is 17.9 Å². The van der Waals surface area contributed by atoms with Crippen LogP contribution in [0, 0.1) is 0 Å². The number of hydrogen-bond acceptors (Lipinski definition) is 4. The van der Waals surface area contributed by atoms with Gasteiger partial charge in [-0.15, -0.1) is 0 Å². The van der Waals surface area contributed by atoms with Gasteiger partial charge in [-0.1, -0.05) is 12.1 Å². The second-order valence-electron chi connectivity index (χ2n) is 4.41. The normalized spacial score (nSPS) is 11.4. The highest BCUT2D eigenvalue weighted by Crippen LogP contribution is 2.16. The molecule has 1 N–H and O–H groups in total. The number of amides is 1. The molecular weight excluding hydrogens is 266 g/mol. The van der Waals surface area contributed by atoms with E-state index in [1.807, 2.05) is 0 Å². The van der Waals surface area contributed by atoms with E-state index in [9.17, 15) is 13.2 Å². The van der Waals surface area contributed by atoms with Crippen LogP contribution < -0.4 is 5.32 Å². The quantitative estimate of drug-likeness (QED) is 0.895. The SMILES string of the molecule is COC(=O)NCCc1ccc(S(=O)(=O)C(C)C)cc1. The molecule has 0 aliphatic heterocycles. The lowest BCUT2D eigenvalue weighted by Crippen LogP contribution is -2.25. The van der Waals surface area contributed by atoms with Gasteiger partial charge in [0.1, 0.15) is 0 Å². The van der Waals surface area contributed by atoms with E-state index in [-0.39, 0.29) is 0 Å². The first-order chi connectivity index (χ1) is 8.87. The molecule has 19 heavy (non-hydrogen) atoms. The summed E-state index contributed by atoms with van der Waals surface area (Å²) in [5, 5.41) is 2.13. The summed E-state index contributed by atoms with van der Waals surface area (Å²) in [4.78, 5) is 11.2. The molecule has 1 aromatic carbocycles. The molecule has 5 nitrogen and oxygen atoms in total. The van der Waals surface area contributed by atoms with Crippen molar-refractivity contribution >= 4 is 15.9 Å². The predicted molar refractivity (Wildman–Crippen MR) is 72.9 cm³/mol. The average molecular weight is 285 g/mol. The summed E-state index contributed by atoms with van der Waals surface area (Å²) in [6.07, 6.45) is 0.149. The first-order valence-corrected chi connectivity index (χ1v) is 7.57. The van der Waals surface area contributed by atoms with E-state index in [0.717, 1.165) is 5.56 Å². The Labute approximate surface area is 113 Å². The number of nitrogens with one attached hydrogen (secondary N) is 1.